The molecule has 1 aliphatic rings. The summed E-state index contributed by atoms with van der Waals surface area (Å²) in [5, 5.41) is 14.4. The number of carbonyl (C=O) groups is 2. The number of amides is 1. The number of fused-ring (bicyclic) bond motifs is 1. The molecule has 174 valence electrons. The van der Waals surface area contributed by atoms with Gasteiger partial charge in [0.2, 0.25) is 5.91 Å². The van der Waals surface area contributed by atoms with Gasteiger partial charge in [0.1, 0.15) is 11.6 Å². The molecule has 0 bridgehead atoms. The van der Waals surface area contributed by atoms with Crippen LogP contribution in [0.5, 0.6) is 0 Å². The number of hydrogen-bond acceptors (Lipinski definition) is 4. The van der Waals surface area contributed by atoms with Crippen molar-refractivity contribution in [2.24, 2.45) is 11.8 Å². The van der Waals surface area contributed by atoms with Crippen molar-refractivity contribution in [3.05, 3.63) is 42.0 Å². The van der Waals surface area contributed by atoms with E-state index in [1.54, 1.807) is 41.8 Å². The van der Waals surface area contributed by atoms with Crippen molar-refractivity contribution in [3.8, 4) is 5.69 Å². The number of benzene rings is 1. The van der Waals surface area contributed by atoms with Crippen molar-refractivity contribution in [2.45, 2.75) is 78.4 Å². The van der Waals surface area contributed by atoms with E-state index in [0.29, 0.717) is 6.42 Å². The maximum atomic E-state index is 13.7. The summed E-state index contributed by atoms with van der Waals surface area (Å²) in [5.41, 5.74) is 1.52. The Morgan fingerprint density at radius 3 is 2.50 bits per heavy atom. The number of hydrogen-bond donors (Lipinski definition) is 1. The van der Waals surface area contributed by atoms with Crippen molar-refractivity contribution in [1.82, 2.24) is 9.78 Å². The van der Waals surface area contributed by atoms with Crippen LogP contribution in [-0.2, 0) is 16.0 Å². The average molecular weight is 444 g/mol. The highest BCUT2D eigenvalue weighted by Gasteiger charge is 2.37. The first-order valence-electron chi connectivity index (χ1n) is 11.4. The summed E-state index contributed by atoms with van der Waals surface area (Å²) in [7, 11) is 0. The summed E-state index contributed by atoms with van der Waals surface area (Å²) < 4.78 is 15.1. The Hall–Kier alpha value is -2.54. The molecular formula is C25H34FN3O3. The van der Waals surface area contributed by atoms with Gasteiger partial charge < -0.3 is 10.0 Å². The number of halogens is 1. The van der Waals surface area contributed by atoms with E-state index in [4.69, 9.17) is 0 Å². The van der Waals surface area contributed by atoms with Crippen molar-refractivity contribution in [2.75, 3.05) is 4.90 Å². The number of aromatic nitrogens is 2. The van der Waals surface area contributed by atoms with Crippen molar-refractivity contribution < 1.29 is 19.1 Å². The molecule has 32 heavy (non-hydrogen) atoms. The molecule has 2 aromatic rings. The fraction of sp³-hybridized carbons (Fsp3) is 0.560. The summed E-state index contributed by atoms with van der Waals surface area (Å²) in [6, 6.07) is 6.13. The Morgan fingerprint density at radius 1 is 1.25 bits per heavy atom. The van der Waals surface area contributed by atoms with Gasteiger partial charge >= 0.3 is 0 Å². The van der Waals surface area contributed by atoms with Gasteiger partial charge in [0.15, 0.2) is 0 Å². The van der Waals surface area contributed by atoms with E-state index in [1.165, 1.54) is 12.1 Å². The molecule has 1 aliphatic heterocycles. The third-order valence-corrected chi connectivity index (χ3v) is 6.24. The van der Waals surface area contributed by atoms with Crippen LogP contribution in [-0.4, -0.2) is 38.2 Å². The zero-order chi connectivity index (χ0) is 23.6. The predicted molar refractivity (Wildman–Crippen MR) is 122 cm³/mol. The predicted octanol–water partition coefficient (Wildman–Crippen LogP) is 4.46. The molecule has 0 saturated carbocycles. The molecule has 1 aromatic heterocycles. The first kappa shape index (κ1) is 24.1. The Labute approximate surface area is 189 Å². The van der Waals surface area contributed by atoms with E-state index < -0.39 is 11.5 Å². The van der Waals surface area contributed by atoms with Gasteiger partial charge in [-0.05, 0) is 70.2 Å². The molecule has 1 amide bonds. The summed E-state index contributed by atoms with van der Waals surface area (Å²) in [5.74, 6) is -0.825. The van der Waals surface area contributed by atoms with E-state index >= 15 is 0 Å². The smallest absolute Gasteiger partial charge is 0.231 e. The average Bonchev–Trinajstić information content (AvgIpc) is 3.13. The maximum absolute atomic E-state index is 13.7. The van der Waals surface area contributed by atoms with Crippen LogP contribution in [0.4, 0.5) is 10.1 Å². The highest BCUT2D eigenvalue weighted by Crippen LogP contribution is 2.35. The maximum Gasteiger partial charge on any atom is 0.231 e. The molecule has 0 saturated heterocycles. The Bertz CT molecular complexity index is 960. The number of aliphatic hydroxyl groups is 1. The highest BCUT2D eigenvalue weighted by molar-refractivity contribution is 5.99. The fourth-order valence-electron chi connectivity index (χ4n) is 4.23. The molecule has 1 N–H and O–H groups in total. The van der Waals surface area contributed by atoms with Crippen LogP contribution in [0.2, 0.25) is 0 Å². The Balaban J connectivity index is 1.85. The third-order valence-electron chi connectivity index (χ3n) is 6.24. The minimum atomic E-state index is -0.905. The summed E-state index contributed by atoms with van der Waals surface area (Å²) in [6.45, 7) is 9.30. The number of rotatable bonds is 8. The largest absolute Gasteiger partial charge is 0.390 e. The number of carbonyl (C=O) groups excluding carboxylic acids is 2. The van der Waals surface area contributed by atoms with Gasteiger partial charge in [-0.25, -0.2) is 9.07 Å². The second-order valence-electron chi connectivity index (χ2n) is 9.87. The van der Waals surface area contributed by atoms with Crippen LogP contribution in [0.3, 0.4) is 0 Å². The Morgan fingerprint density at radius 2 is 1.91 bits per heavy atom. The molecule has 0 radical (unpaired) electrons. The van der Waals surface area contributed by atoms with Crippen LogP contribution in [0.15, 0.2) is 30.5 Å². The van der Waals surface area contributed by atoms with E-state index in [2.05, 4.69) is 5.10 Å². The lowest BCUT2D eigenvalue weighted by molar-refractivity contribution is -0.129. The number of ketones is 1. The fourth-order valence-corrected chi connectivity index (χ4v) is 4.23. The lowest BCUT2D eigenvalue weighted by atomic mass is 9.86. The summed E-state index contributed by atoms with van der Waals surface area (Å²) in [4.78, 5) is 28.1. The second-order valence-corrected chi connectivity index (χ2v) is 9.87. The number of anilines is 1. The van der Waals surface area contributed by atoms with Gasteiger partial charge in [-0.15, -0.1) is 0 Å². The molecule has 2 heterocycles. The zero-order valence-electron chi connectivity index (χ0n) is 19.6. The minimum Gasteiger partial charge on any atom is -0.390 e. The van der Waals surface area contributed by atoms with E-state index in [1.807, 2.05) is 20.8 Å². The first-order valence-corrected chi connectivity index (χ1v) is 11.4. The van der Waals surface area contributed by atoms with Crippen LogP contribution < -0.4 is 4.90 Å². The summed E-state index contributed by atoms with van der Waals surface area (Å²) >= 11 is 0. The lowest BCUT2D eigenvalue weighted by Crippen LogP contribution is -2.46. The SMILES string of the molecule is CC(C)[C@@H](CC(=O)CCC(C)(C)O)C(=O)N1c2cnn(-c3ccc(F)cc3)c2CCC1C. The monoisotopic (exact) mass is 443 g/mol. The molecule has 1 unspecified atom stereocenters. The van der Waals surface area contributed by atoms with Crippen molar-refractivity contribution in [1.29, 1.82) is 0 Å². The van der Waals surface area contributed by atoms with Crippen molar-refractivity contribution in [3.63, 3.8) is 0 Å². The van der Waals surface area contributed by atoms with Crippen molar-refractivity contribution >= 4 is 17.4 Å². The standard InChI is InChI=1S/C25H34FN3O3/c1-16(2)21(14-20(30)12-13-25(4,5)32)24(31)28-17(3)6-11-22-23(28)15-27-29(22)19-9-7-18(26)8-10-19/h7-10,15-17,21,32H,6,11-14H2,1-5H3/t17?,21-/m1/s1. The molecular weight excluding hydrogens is 409 g/mol. The van der Waals surface area contributed by atoms with E-state index in [9.17, 15) is 19.1 Å². The normalized spacial score (nSPS) is 17.4. The zero-order valence-corrected chi connectivity index (χ0v) is 19.6. The van der Waals surface area contributed by atoms with Crippen LogP contribution in [0, 0.1) is 17.7 Å². The van der Waals surface area contributed by atoms with Gasteiger partial charge in [-0.1, -0.05) is 13.8 Å². The van der Waals surface area contributed by atoms with E-state index in [0.717, 1.165) is 29.9 Å². The van der Waals surface area contributed by atoms with Crippen LogP contribution in [0.25, 0.3) is 5.69 Å². The minimum absolute atomic E-state index is 0.00157. The molecule has 0 aliphatic carbocycles. The van der Waals surface area contributed by atoms with Gasteiger partial charge in [0.25, 0.3) is 0 Å². The lowest BCUT2D eigenvalue weighted by Gasteiger charge is -2.36. The third kappa shape index (κ3) is 5.44. The highest BCUT2D eigenvalue weighted by atomic mass is 19.1. The van der Waals surface area contributed by atoms with Gasteiger partial charge in [-0.2, -0.15) is 5.10 Å². The molecule has 6 nitrogen and oxygen atoms in total. The second kappa shape index (κ2) is 9.53. The van der Waals surface area contributed by atoms with Crippen LogP contribution >= 0.6 is 0 Å². The Kier molecular flexibility index (Phi) is 7.18. The topological polar surface area (TPSA) is 75.4 Å². The molecule has 0 fully saturated rings. The first-order chi connectivity index (χ1) is 15.0. The molecule has 2 atom stereocenters. The van der Waals surface area contributed by atoms with E-state index in [-0.39, 0.29) is 42.3 Å². The molecule has 1 aromatic carbocycles. The number of Topliss-reactive ketones (excluding diaryl/α,β-unsaturated/α-hetero) is 1. The quantitative estimate of drug-likeness (QED) is 0.654. The van der Waals surface area contributed by atoms with Crippen LogP contribution in [0.1, 0.15) is 66.0 Å². The molecule has 7 heteroatoms. The molecule has 3 rings (SSSR count). The van der Waals surface area contributed by atoms with Gasteiger partial charge in [0, 0.05) is 24.8 Å². The molecule has 0 spiro atoms. The van der Waals surface area contributed by atoms with Gasteiger partial charge in [-0.3, -0.25) is 9.59 Å². The summed E-state index contributed by atoms with van der Waals surface area (Å²) in [6.07, 6.45) is 4.03. The van der Waals surface area contributed by atoms with Gasteiger partial charge in [0.05, 0.1) is 28.9 Å². The number of nitrogens with zero attached hydrogens (tertiary/aromatic N) is 3.